The van der Waals surface area contributed by atoms with Crippen LogP contribution in [0, 0.1) is 12.0 Å². The van der Waals surface area contributed by atoms with Crippen molar-refractivity contribution in [1.82, 2.24) is 0 Å². The average molecular weight is 223 g/mol. The van der Waals surface area contributed by atoms with Crippen molar-refractivity contribution < 1.29 is 4.74 Å². The fraction of sp³-hybridized carbons (Fsp3) is 0.188. The fourth-order valence-electron chi connectivity index (χ4n) is 1.94. The molecule has 1 fully saturated rings. The topological polar surface area (TPSA) is 9.23 Å². The molecule has 2 aromatic carbocycles. The van der Waals surface area contributed by atoms with Gasteiger partial charge in [0.1, 0.15) is 5.75 Å². The number of benzene rings is 2. The SMILES string of the molecule is c1ccc(O[C](c2ccccc2)C2CC2)cc1. The third-order valence-corrected chi connectivity index (χ3v) is 2.98. The Hall–Kier alpha value is -1.76. The van der Waals surface area contributed by atoms with E-state index in [0.29, 0.717) is 5.92 Å². The quantitative estimate of drug-likeness (QED) is 0.759. The number of hydrogen-bond donors (Lipinski definition) is 0. The molecular weight excluding hydrogens is 208 g/mol. The maximum atomic E-state index is 6.04. The molecular formula is C16H15O. The molecule has 1 aliphatic rings. The van der Waals surface area contributed by atoms with E-state index in [9.17, 15) is 0 Å². The monoisotopic (exact) mass is 223 g/mol. The Bertz CT molecular complexity index is 459. The third kappa shape index (κ3) is 2.50. The van der Waals surface area contributed by atoms with Gasteiger partial charge in [-0.3, -0.25) is 0 Å². The average Bonchev–Trinajstić information content (AvgIpc) is 3.23. The van der Waals surface area contributed by atoms with E-state index in [1.54, 1.807) is 0 Å². The molecule has 0 heterocycles. The van der Waals surface area contributed by atoms with Crippen LogP contribution in [0.1, 0.15) is 18.4 Å². The Morgan fingerprint density at radius 3 is 2.00 bits per heavy atom. The van der Waals surface area contributed by atoms with Crippen molar-refractivity contribution in [3.05, 3.63) is 72.3 Å². The van der Waals surface area contributed by atoms with Crippen LogP contribution in [0.5, 0.6) is 5.75 Å². The molecule has 85 valence electrons. The standard InChI is InChI=1S/C16H15O/c1-3-7-13(8-4-1)16(14-11-12-14)17-15-9-5-2-6-10-15/h1-10,14H,11-12H2. The predicted octanol–water partition coefficient (Wildman–Crippen LogP) is 4.06. The first kappa shape index (κ1) is 10.4. The second-order valence-corrected chi connectivity index (χ2v) is 4.42. The van der Waals surface area contributed by atoms with Crippen LogP contribution in [0.3, 0.4) is 0 Å². The van der Waals surface area contributed by atoms with Gasteiger partial charge in [0.15, 0.2) is 6.10 Å². The predicted molar refractivity (Wildman–Crippen MR) is 68.6 cm³/mol. The molecule has 1 nitrogen and oxygen atoms in total. The summed E-state index contributed by atoms with van der Waals surface area (Å²) in [5, 5.41) is 0. The van der Waals surface area contributed by atoms with Crippen molar-refractivity contribution in [3.63, 3.8) is 0 Å². The summed E-state index contributed by atoms with van der Waals surface area (Å²) in [6.45, 7) is 0. The van der Waals surface area contributed by atoms with Crippen LogP contribution >= 0.6 is 0 Å². The van der Waals surface area contributed by atoms with Crippen LogP contribution in [0.4, 0.5) is 0 Å². The molecule has 1 aliphatic carbocycles. The largest absolute Gasteiger partial charge is 0.478 e. The Kier molecular flexibility index (Phi) is 2.83. The van der Waals surface area contributed by atoms with Gasteiger partial charge in [0.05, 0.1) is 0 Å². The molecule has 0 aliphatic heterocycles. The summed E-state index contributed by atoms with van der Waals surface area (Å²) in [4.78, 5) is 0. The van der Waals surface area contributed by atoms with E-state index >= 15 is 0 Å². The van der Waals surface area contributed by atoms with Crippen LogP contribution in [-0.4, -0.2) is 0 Å². The highest BCUT2D eigenvalue weighted by atomic mass is 16.5. The van der Waals surface area contributed by atoms with Crippen molar-refractivity contribution in [1.29, 1.82) is 0 Å². The number of para-hydroxylation sites is 1. The summed E-state index contributed by atoms with van der Waals surface area (Å²) in [7, 11) is 0. The van der Waals surface area contributed by atoms with Gasteiger partial charge in [-0.1, -0.05) is 48.5 Å². The van der Waals surface area contributed by atoms with Crippen LogP contribution in [0.25, 0.3) is 0 Å². The molecule has 1 heteroatoms. The lowest BCUT2D eigenvalue weighted by Crippen LogP contribution is -2.10. The summed E-state index contributed by atoms with van der Waals surface area (Å²) in [5.41, 5.74) is 1.21. The molecule has 0 spiro atoms. The molecule has 17 heavy (non-hydrogen) atoms. The second-order valence-electron chi connectivity index (χ2n) is 4.42. The van der Waals surface area contributed by atoms with Gasteiger partial charge in [-0.05, 0) is 25.0 Å². The van der Waals surface area contributed by atoms with Gasteiger partial charge in [0.2, 0.25) is 0 Å². The minimum Gasteiger partial charge on any atom is -0.478 e. The van der Waals surface area contributed by atoms with Crippen molar-refractivity contribution in [3.8, 4) is 5.75 Å². The summed E-state index contributed by atoms with van der Waals surface area (Å²) in [6.07, 6.45) is 3.62. The molecule has 0 bridgehead atoms. The summed E-state index contributed by atoms with van der Waals surface area (Å²) in [6, 6.07) is 20.4. The summed E-state index contributed by atoms with van der Waals surface area (Å²) in [5.74, 6) is 1.54. The molecule has 0 N–H and O–H groups in total. The Morgan fingerprint density at radius 1 is 0.824 bits per heavy atom. The lowest BCUT2D eigenvalue weighted by molar-refractivity contribution is 0.322. The highest BCUT2D eigenvalue weighted by Crippen LogP contribution is 2.42. The van der Waals surface area contributed by atoms with Crippen molar-refractivity contribution in [2.45, 2.75) is 12.8 Å². The van der Waals surface area contributed by atoms with Crippen molar-refractivity contribution >= 4 is 0 Å². The Labute approximate surface area is 102 Å². The van der Waals surface area contributed by atoms with Gasteiger partial charge in [-0.25, -0.2) is 0 Å². The second kappa shape index (κ2) is 4.62. The van der Waals surface area contributed by atoms with Gasteiger partial charge in [-0.15, -0.1) is 0 Å². The van der Waals surface area contributed by atoms with E-state index in [0.717, 1.165) is 11.9 Å². The lowest BCUT2D eigenvalue weighted by Gasteiger charge is -2.17. The van der Waals surface area contributed by atoms with Crippen LogP contribution in [0.15, 0.2) is 60.7 Å². The van der Waals surface area contributed by atoms with E-state index in [1.807, 2.05) is 36.4 Å². The van der Waals surface area contributed by atoms with Gasteiger partial charge in [0, 0.05) is 11.5 Å². The number of ether oxygens (including phenoxy) is 1. The molecule has 1 saturated carbocycles. The molecule has 0 amide bonds. The first-order chi connectivity index (χ1) is 8.43. The fourth-order valence-corrected chi connectivity index (χ4v) is 1.94. The highest BCUT2D eigenvalue weighted by Gasteiger charge is 2.35. The van der Waals surface area contributed by atoms with Crippen LogP contribution in [-0.2, 0) is 0 Å². The minimum atomic E-state index is 0.609. The van der Waals surface area contributed by atoms with E-state index in [1.165, 1.54) is 18.4 Å². The van der Waals surface area contributed by atoms with E-state index in [4.69, 9.17) is 4.74 Å². The van der Waals surface area contributed by atoms with Crippen LogP contribution in [0.2, 0.25) is 0 Å². The van der Waals surface area contributed by atoms with E-state index < -0.39 is 0 Å². The zero-order chi connectivity index (χ0) is 11.5. The molecule has 0 aromatic heterocycles. The molecule has 0 atom stereocenters. The normalized spacial score (nSPS) is 14.9. The van der Waals surface area contributed by atoms with Crippen molar-refractivity contribution in [2.75, 3.05) is 0 Å². The van der Waals surface area contributed by atoms with Gasteiger partial charge in [0.25, 0.3) is 0 Å². The maximum absolute atomic E-state index is 6.04. The molecule has 2 aromatic rings. The van der Waals surface area contributed by atoms with E-state index in [-0.39, 0.29) is 0 Å². The van der Waals surface area contributed by atoms with E-state index in [2.05, 4.69) is 24.3 Å². The third-order valence-electron chi connectivity index (χ3n) is 2.98. The lowest BCUT2D eigenvalue weighted by atomic mass is 10.1. The van der Waals surface area contributed by atoms with Crippen LogP contribution < -0.4 is 4.74 Å². The zero-order valence-electron chi connectivity index (χ0n) is 9.67. The molecule has 3 rings (SSSR count). The van der Waals surface area contributed by atoms with Gasteiger partial charge < -0.3 is 4.74 Å². The summed E-state index contributed by atoms with van der Waals surface area (Å²) < 4.78 is 6.04. The highest BCUT2D eigenvalue weighted by molar-refractivity contribution is 5.34. The van der Waals surface area contributed by atoms with Gasteiger partial charge >= 0.3 is 0 Å². The smallest absolute Gasteiger partial charge is 0.181 e. The zero-order valence-corrected chi connectivity index (χ0v) is 9.67. The molecule has 1 radical (unpaired) electrons. The Balaban J connectivity index is 1.82. The first-order valence-corrected chi connectivity index (χ1v) is 6.08. The Morgan fingerprint density at radius 2 is 1.41 bits per heavy atom. The molecule has 0 saturated heterocycles. The maximum Gasteiger partial charge on any atom is 0.181 e. The minimum absolute atomic E-state index is 0.609. The number of hydrogen-bond acceptors (Lipinski definition) is 1. The number of rotatable bonds is 4. The van der Waals surface area contributed by atoms with Crippen molar-refractivity contribution in [2.24, 2.45) is 5.92 Å². The van der Waals surface area contributed by atoms with Gasteiger partial charge in [-0.2, -0.15) is 0 Å². The summed E-state index contributed by atoms with van der Waals surface area (Å²) >= 11 is 0. The first-order valence-electron chi connectivity index (χ1n) is 6.08. The molecule has 0 unspecified atom stereocenters.